The van der Waals surface area contributed by atoms with Crippen LogP contribution in [-0.2, 0) is 0 Å². The van der Waals surface area contributed by atoms with Gasteiger partial charge in [-0.25, -0.2) is 4.98 Å². The summed E-state index contributed by atoms with van der Waals surface area (Å²) in [5.41, 5.74) is 0.989. The number of carbonyl (C=O) groups is 1. The smallest absolute Gasteiger partial charge is 0.253 e. The first-order chi connectivity index (χ1) is 9.33. The van der Waals surface area contributed by atoms with Crippen LogP contribution in [0.4, 0.5) is 0 Å². The molecule has 20 heavy (non-hydrogen) atoms. The average molecular weight is 293 g/mol. The van der Waals surface area contributed by atoms with Crippen LogP contribution >= 0.6 is 11.6 Å². The Hall–Kier alpha value is -1.09. The van der Waals surface area contributed by atoms with E-state index in [1.54, 1.807) is 18.3 Å². The number of carbonyl (C=O) groups excluding carboxylic acids is 1. The lowest BCUT2D eigenvalue weighted by atomic mass is 9.68. The van der Waals surface area contributed by atoms with Gasteiger partial charge in [0.1, 0.15) is 5.15 Å². The van der Waals surface area contributed by atoms with E-state index in [4.69, 9.17) is 11.6 Å². The molecule has 2 fully saturated rings. The highest BCUT2D eigenvalue weighted by Gasteiger charge is 2.59. The number of pyridine rings is 1. The fourth-order valence-electron chi connectivity index (χ4n) is 4.39. The maximum atomic E-state index is 12.4. The maximum absolute atomic E-state index is 12.4. The molecule has 0 aromatic carbocycles. The van der Waals surface area contributed by atoms with Crippen molar-refractivity contribution in [2.75, 3.05) is 0 Å². The second-order valence-corrected chi connectivity index (χ2v) is 7.58. The molecule has 3 atom stereocenters. The van der Waals surface area contributed by atoms with Crippen LogP contribution in [0, 0.1) is 16.7 Å². The zero-order valence-corrected chi connectivity index (χ0v) is 13.0. The summed E-state index contributed by atoms with van der Waals surface area (Å²) >= 11 is 5.76. The molecule has 108 valence electrons. The summed E-state index contributed by atoms with van der Waals surface area (Å²) in [5, 5.41) is 3.67. The molecule has 0 saturated heterocycles. The van der Waals surface area contributed by atoms with E-state index in [2.05, 4.69) is 31.1 Å². The van der Waals surface area contributed by atoms with Crippen LogP contribution in [0.2, 0.25) is 5.15 Å². The fraction of sp³-hybridized carbons (Fsp3) is 0.625. The van der Waals surface area contributed by atoms with Gasteiger partial charge in [0.25, 0.3) is 5.91 Å². The number of rotatable bonds is 2. The van der Waals surface area contributed by atoms with Crippen LogP contribution in [0.25, 0.3) is 0 Å². The number of nitrogens with zero attached hydrogens (tertiary/aromatic N) is 1. The second kappa shape index (κ2) is 4.45. The highest BCUT2D eigenvalue weighted by Crippen LogP contribution is 2.62. The zero-order chi connectivity index (χ0) is 14.5. The first kappa shape index (κ1) is 13.9. The molecule has 0 spiro atoms. The van der Waals surface area contributed by atoms with Gasteiger partial charge in [0, 0.05) is 12.2 Å². The van der Waals surface area contributed by atoms with Gasteiger partial charge < -0.3 is 5.32 Å². The minimum Gasteiger partial charge on any atom is -0.348 e. The number of aromatic nitrogens is 1. The van der Waals surface area contributed by atoms with Crippen LogP contribution in [0.1, 0.15) is 50.4 Å². The van der Waals surface area contributed by atoms with Gasteiger partial charge in [-0.1, -0.05) is 32.4 Å². The molecular formula is C16H21ClN2O. The number of hydrogen-bond acceptors (Lipinski definition) is 2. The SMILES string of the molecule is CC12CCC(C1)C(C)(C)C2NC(=O)c1ccc(Cl)nc1. The van der Waals surface area contributed by atoms with Crippen molar-refractivity contribution in [1.29, 1.82) is 0 Å². The van der Waals surface area contributed by atoms with Crippen LogP contribution < -0.4 is 5.32 Å². The Morgan fingerprint density at radius 1 is 1.40 bits per heavy atom. The number of nitrogens with one attached hydrogen (secondary N) is 1. The summed E-state index contributed by atoms with van der Waals surface area (Å²) in [7, 11) is 0. The lowest BCUT2D eigenvalue weighted by Gasteiger charge is -2.43. The molecule has 4 heteroatoms. The number of hydrogen-bond donors (Lipinski definition) is 1. The van der Waals surface area contributed by atoms with Crippen molar-refractivity contribution in [2.24, 2.45) is 16.7 Å². The molecule has 0 aliphatic heterocycles. The van der Waals surface area contributed by atoms with Gasteiger partial charge in [-0.3, -0.25) is 4.79 Å². The molecule has 3 unspecified atom stereocenters. The Morgan fingerprint density at radius 2 is 2.15 bits per heavy atom. The second-order valence-electron chi connectivity index (χ2n) is 7.19. The summed E-state index contributed by atoms with van der Waals surface area (Å²) in [4.78, 5) is 16.4. The highest BCUT2D eigenvalue weighted by molar-refractivity contribution is 6.29. The van der Waals surface area contributed by atoms with E-state index >= 15 is 0 Å². The molecule has 2 saturated carbocycles. The van der Waals surface area contributed by atoms with Crippen LogP contribution in [0.5, 0.6) is 0 Å². The van der Waals surface area contributed by atoms with Gasteiger partial charge in [0.05, 0.1) is 5.56 Å². The van der Waals surface area contributed by atoms with Gasteiger partial charge >= 0.3 is 0 Å². The van der Waals surface area contributed by atoms with Crippen molar-refractivity contribution >= 4 is 17.5 Å². The summed E-state index contributed by atoms with van der Waals surface area (Å²) in [6.45, 7) is 6.88. The monoisotopic (exact) mass is 292 g/mol. The third-order valence-corrected chi connectivity index (χ3v) is 5.76. The first-order valence-electron chi connectivity index (χ1n) is 7.25. The quantitative estimate of drug-likeness (QED) is 0.845. The van der Waals surface area contributed by atoms with Crippen LogP contribution in [-0.4, -0.2) is 16.9 Å². The molecule has 1 aromatic heterocycles. The third kappa shape index (κ3) is 2.03. The summed E-state index contributed by atoms with van der Waals surface area (Å²) in [6, 6.07) is 3.62. The molecule has 2 aliphatic rings. The van der Waals surface area contributed by atoms with E-state index < -0.39 is 0 Å². The van der Waals surface area contributed by atoms with Crippen molar-refractivity contribution in [3.63, 3.8) is 0 Å². The Bertz CT molecular complexity index is 535. The Morgan fingerprint density at radius 3 is 2.70 bits per heavy atom. The average Bonchev–Trinajstić information content (AvgIpc) is 2.86. The van der Waals surface area contributed by atoms with E-state index in [0.717, 1.165) is 5.92 Å². The van der Waals surface area contributed by atoms with Crippen LogP contribution in [0.15, 0.2) is 18.3 Å². The largest absolute Gasteiger partial charge is 0.348 e. The van der Waals surface area contributed by atoms with Crippen molar-refractivity contribution in [1.82, 2.24) is 10.3 Å². The van der Waals surface area contributed by atoms with Crippen molar-refractivity contribution in [3.8, 4) is 0 Å². The van der Waals surface area contributed by atoms with Gasteiger partial charge in [0.2, 0.25) is 0 Å². The minimum atomic E-state index is -0.0407. The lowest BCUT2D eigenvalue weighted by Crippen LogP contribution is -2.52. The standard InChI is InChI=1S/C16H21ClN2O/c1-15(2)11-6-7-16(3,8-11)14(15)19-13(20)10-4-5-12(17)18-9-10/h4-5,9,11,14H,6-8H2,1-3H3,(H,19,20). The normalized spacial score (nSPS) is 34.2. The topological polar surface area (TPSA) is 42.0 Å². The summed E-state index contributed by atoms with van der Waals surface area (Å²) in [6.07, 6.45) is 5.27. The zero-order valence-electron chi connectivity index (χ0n) is 12.2. The van der Waals surface area contributed by atoms with Crippen LogP contribution in [0.3, 0.4) is 0 Å². The van der Waals surface area contributed by atoms with E-state index in [0.29, 0.717) is 10.7 Å². The lowest BCUT2D eigenvalue weighted by molar-refractivity contribution is 0.0737. The van der Waals surface area contributed by atoms with Crippen molar-refractivity contribution in [2.45, 2.75) is 46.1 Å². The Kier molecular flexibility index (Phi) is 3.09. The molecule has 2 bridgehead atoms. The van der Waals surface area contributed by atoms with E-state index in [-0.39, 0.29) is 22.8 Å². The summed E-state index contributed by atoms with van der Waals surface area (Å²) in [5.74, 6) is 0.683. The fourth-order valence-corrected chi connectivity index (χ4v) is 4.50. The van der Waals surface area contributed by atoms with E-state index in [1.807, 2.05) is 0 Å². The molecule has 1 amide bonds. The van der Waals surface area contributed by atoms with Gasteiger partial charge in [-0.15, -0.1) is 0 Å². The molecule has 1 N–H and O–H groups in total. The predicted octanol–water partition coefficient (Wildman–Crippen LogP) is 3.68. The Labute approximate surface area is 125 Å². The molecule has 2 aliphatic carbocycles. The molecule has 1 heterocycles. The number of fused-ring (bicyclic) bond motifs is 2. The minimum absolute atomic E-state index is 0.0407. The number of halogens is 1. The molecule has 3 nitrogen and oxygen atoms in total. The predicted molar refractivity (Wildman–Crippen MR) is 79.7 cm³/mol. The van der Waals surface area contributed by atoms with E-state index in [9.17, 15) is 4.79 Å². The summed E-state index contributed by atoms with van der Waals surface area (Å²) < 4.78 is 0. The highest BCUT2D eigenvalue weighted by atomic mass is 35.5. The van der Waals surface area contributed by atoms with Gasteiger partial charge in [0.15, 0.2) is 0 Å². The Balaban J connectivity index is 1.80. The third-order valence-electron chi connectivity index (χ3n) is 5.53. The molecule has 0 radical (unpaired) electrons. The van der Waals surface area contributed by atoms with Crippen molar-refractivity contribution < 1.29 is 4.79 Å². The maximum Gasteiger partial charge on any atom is 0.253 e. The molecule has 1 aromatic rings. The molecule has 3 rings (SSSR count). The first-order valence-corrected chi connectivity index (χ1v) is 7.63. The van der Waals surface area contributed by atoms with E-state index in [1.165, 1.54) is 19.3 Å². The molecular weight excluding hydrogens is 272 g/mol. The van der Waals surface area contributed by atoms with Crippen molar-refractivity contribution in [3.05, 3.63) is 29.0 Å². The van der Waals surface area contributed by atoms with Gasteiger partial charge in [-0.05, 0) is 48.1 Å². The number of amides is 1. The van der Waals surface area contributed by atoms with Gasteiger partial charge in [-0.2, -0.15) is 0 Å².